The third-order valence-electron chi connectivity index (χ3n) is 16.3. The first kappa shape index (κ1) is 38.0. The molecule has 0 saturated heterocycles. The van der Waals surface area contributed by atoms with Gasteiger partial charge in [-0.25, -0.2) is 0 Å². The fourth-order valence-corrected chi connectivity index (χ4v) is 13.0. The molecular weight excluding hydrogens is 747 g/mol. The quantitative estimate of drug-likeness (QED) is 0.171. The predicted molar refractivity (Wildman–Crippen MR) is 261 cm³/mol. The van der Waals surface area contributed by atoms with Crippen molar-refractivity contribution >= 4 is 17.1 Å². The molecule has 0 aliphatic heterocycles. The molecule has 1 spiro atoms. The topological polar surface area (TPSA) is 3.24 Å². The lowest BCUT2D eigenvalue weighted by atomic mass is 9.63. The molecule has 0 bridgehead atoms. The van der Waals surface area contributed by atoms with Gasteiger partial charge in [-0.3, -0.25) is 0 Å². The van der Waals surface area contributed by atoms with E-state index in [0.717, 1.165) is 12.8 Å². The molecule has 0 saturated carbocycles. The second-order valence-corrected chi connectivity index (χ2v) is 20.9. The zero-order valence-electron chi connectivity index (χ0n) is 37.6. The van der Waals surface area contributed by atoms with Crippen LogP contribution in [0.4, 0.5) is 17.1 Å². The molecule has 62 heavy (non-hydrogen) atoms. The molecule has 5 aliphatic rings. The number of rotatable bonds is 4. The number of hydrogen-bond donors (Lipinski definition) is 0. The van der Waals surface area contributed by atoms with E-state index in [1.807, 2.05) is 0 Å². The van der Waals surface area contributed by atoms with Crippen molar-refractivity contribution in [2.75, 3.05) is 4.90 Å². The molecular formula is C61H59N. The second kappa shape index (κ2) is 13.7. The Morgan fingerprint density at radius 1 is 0.371 bits per heavy atom. The normalized spacial score (nSPS) is 17.9. The molecule has 0 fully saturated rings. The highest BCUT2D eigenvalue weighted by Gasteiger charge is 2.52. The van der Waals surface area contributed by atoms with Gasteiger partial charge in [0, 0.05) is 16.9 Å². The Morgan fingerprint density at radius 3 is 1.34 bits per heavy atom. The minimum Gasteiger partial charge on any atom is -0.309 e. The van der Waals surface area contributed by atoms with Gasteiger partial charge in [0.1, 0.15) is 0 Å². The van der Waals surface area contributed by atoms with E-state index >= 15 is 0 Å². The van der Waals surface area contributed by atoms with Crippen LogP contribution in [0.15, 0.2) is 127 Å². The van der Waals surface area contributed by atoms with Crippen LogP contribution in [0, 0.1) is 13.8 Å². The van der Waals surface area contributed by atoms with E-state index in [4.69, 9.17) is 0 Å². The summed E-state index contributed by atoms with van der Waals surface area (Å²) in [5, 5.41) is 0. The van der Waals surface area contributed by atoms with Gasteiger partial charge >= 0.3 is 0 Å². The van der Waals surface area contributed by atoms with Crippen molar-refractivity contribution in [1.82, 2.24) is 0 Å². The van der Waals surface area contributed by atoms with E-state index in [-0.39, 0.29) is 10.8 Å². The summed E-state index contributed by atoms with van der Waals surface area (Å²) in [6, 6.07) is 51.0. The zero-order chi connectivity index (χ0) is 42.1. The van der Waals surface area contributed by atoms with Gasteiger partial charge in [0.2, 0.25) is 0 Å². The standard InChI is InChI=1S/C61H59N/c1-38-31-40-17-7-9-19-42(40)34-56(38)62(57-35-43-20-10-8-18-41(43)32-39(57)2)58-37-54-49(36-48(58)44-27-28-53-55(33-44)60(5,6)30-29-59(53,3)4)47-23-13-16-26-52(47)61(54)50-24-14-11-21-45(50)46-22-12-15-25-51(46)61/h11-16,21-28,31-37H,7-10,17-20,29-30H2,1-6H3. The van der Waals surface area contributed by atoms with Crippen LogP contribution in [0.2, 0.25) is 0 Å². The maximum absolute atomic E-state index is 2.74. The monoisotopic (exact) mass is 805 g/mol. The van der Waals surface area contributed by atoms with Crippen molar-refractivity contribution < 1.29 is 0 Å². The highest BCUT2D eigenvalue weighted by Crippen LogP contribution is 2.64. The Kier molecular flexibility index (Phi) is 8.39. The molecule has 7 aromatic rings. The van der Waals surface area contributed by atoms with E-state index in [2.05, 4.69) is 174 Å². The van der Waals surface area contributed by atoms with Gasteiger partial charge in [-0.1, -0.05) is 131 Å². The highest BCUT2D eigenvalue weighted by molar-refractivity contribution is 6.00. The average Bonchev–Trinajstić information content (AvgIpc) is 3.75. The maximum atomic E-state index is 2.74. The summed E-state index contributed by atoms with van der Waals surface area (Å²) in [5.41, 5.74) is 29.2. The summed E-state index contributed by atoms with van der Waals surface area (Å²) in [5.74, 6) is 0. The Balaban J connectivity index is 1.22. The number of nitrogens with zero attached hydrogens (tertiary/aromatic N) is 1. The van der Waals surface area contributed by atoms with Crippen molar-refractivity contribution in [1.29, 1.82) is 0 Å². The van der Waals surface area contributed by atoms with E-state index in [1.54, 1.807) is 11.1 Å². The van der Waals surface area contributed by atoms with Gasteiger partial charge < -0.3 is 4.90 Å². The van der Waals surface area contributed by atoms with E-state index in [0.29, 0.717) is 0 Å². The Labute approximate surface area is 369 Å². The van der Waals surface area contributed by atoms with Crippen LogP contribution in [0.1, 0.15) is 133 Å². The SMILES string of the molecule is Cc1cc2c(cc1N(c1cc3c(cc1C)CCCC3)c1cc3c(cc1-c1ccc4c(c1)C(C)(C)CCC4(C)C)-c1ccccc1C31c3ccccc3-c3ccccc31)CCCC2. The molecule has 0 amide bonds. The molecule has 0 heterocycles. The third kappa shape index (κ3) is 5.39. The van der Waals surface area contributed by atoms with Crippen molar-refractivity contribution in [2.24, 2.45) is 0 Å². The van der Waals surface area contributed by atoms with Crippen LogP contribution in [0.3, 0.4) is 0 Å². The van der Waals surface area contributed by atoms with Crippen LogP contribution in [-0.2, 0) is 41.9 Å². The number of benzene rings is 7. The Morgan fingerprint density at radius 2 is 0.823 bits per heavy atom. The largest absolute Gasteiger partial charge is 0.309 e. The van der Waals surface area contributed by atoms with Crippen LogP contribution < -0.4 is 4.90 Å². The van der Waals surface area contributed by atoms with Crippen LogP contribution in [-0.4, -0.2) is 0 Å². The van der Waals surface area contributed by atoms with Gasteiger partial charge in [0.15, 0.2) is 0 Å². The van der Waals surface area contributed by atoms with Gasteiger partial charge in [0.05, 0.1) is 11.1 Å². The number of anilines is 3. The molecule has 1 heteroatoms. The molecule has 7 aromatic carbocycles. The molecule has 0 unspecified atom stereocenters. The lowest BCUT2D eigenvalue weighted by Crippen LogP contribution is -2.33. The molecule has 12 rings (SSSR count). The van der Waals surface area contributed by atoms with E-state index < -0.39 is 5.41 Å². The minimum absolute atomic E-state index is 0.0928. The summed E-state index contributed by atoms with van der Waals surface area (Å²) < 4.78 is 0. The summed E-state index contributed by atoms with van der Waals surface area (Å²) in [7, 11) is 0. The Bertz CT molecular complexity index is 2900. The van der Waals surface area contributed by atoms with E-state index in [1.165, 1.54) is 157 Å². The zero-order valence-corrected chi connectivity index (χ0v) is 37.6. The number of fused-ring (bicyclic) bond motifs is 13. The van der Waals surface area contributed by atoms with Gasteiger partial charge in [-0.2, -0.15) is 0 Å². The van der Waals surface area contributed by atoms with Crippen LogP contribution in [0.25, 0.3) is 33.4 Å². The van der Waals surface area contributed by atoms with E-state index in [9.17, 15) is 0 Å². The van der Waals surface area contributed by atoms with Crippen molar-refractivity contribution in [3.63, 3.8) is 0 Å². The first-order chi connectivity index (χ1) is 30.0. The minimum atomic E-state index is -0.435. The highest BCUT2D eigenvalue weighted by atomic mass is 15.2. The average molecular weight is 806 g/mol. The molecule has 0 radical (unpaired) electrons. The summed E-state index contributed by atoms with van der Waals surface area (Å²) in [6.07, 6.45) is 12.2. The van der Waals surface area contributed by atoms with Crippen LogP contribution in [0.5, 0.6) is 0 Å². The van der Waals surface area contributed by atoms with Gasteiger partial charge in [-0.15, -0.1) is 0 Å². The summed E-state index contributed by atoms with van der Waals surface area (Å²) in [4.78, 5) is 2.74. The van der Waals surface area contributed by atoms with Gasteiger partial charge in [-0.05, 0) is 208 Å². The smallest absolute Gasteiger partial charge is 0.0726 e. The van der Waals surface area contributed by atoms with Crippen LogP contribution >= 0.6 is 0 Å². The number of hydrogen-bond acceptors (Lipinski definition) is 1. The second-order valence-electron chi connectivity index (χ2n) is 20.9. The predicted octanol–water partition coefficient (Wildman–Crippen LogP) is 15.9. The Hall–Kier alpha value is -5.66. The fourth-order valence-electron chi connectivity index (χ4n) is 13.0. The lowest BCUT2D eigenvalue weighted by Gasteiger charge is -2.42. The summed E-state index contributed by atoms with van der Waals surface area (Å²) in [6.45, 7) is 14.6. The molecule has 1 nitrogen and oxygen atoms in total. The first-order valence-corrected chi connectivity index (χ1v) is 23.7. The third-order valence-corrected chi connectivity index (χ3v) is 16.3. The van der Waals surface area contributed by atoms with Crippen molar-refractivity contribution in [3.05, 3.63) is 194 Å². The molecule has 0 aromatic heterocycles. The maximum Gasteiger partial charge on any atom is 0.0726 e. The van der Waals surface area contributed by atoms with Crippen molar-refractivity contribution in [3.8, 4) is 33.4 Å². The molecule has 0 atom stereocenters. The van der Waals surface area contributed by atoms with Gasteiger partial charge in [0.25, 0.3) is 0 Å². The molecule has 5 aliphatic carbocycles. The number of aryl methyl sites for hydroxylation is 6. The lowest BCUT2D eigenvalue weighted by molar-refractivity contribution is 0.332. The molecule has 0 N–H and O–H groups in total. The first-order valence-electron chi connectivity index (χ1n) is 23.7. The summed E-state index contributed by atoms with van der Waals surface area (Å²) >= 11 is 0. The fraction of sp³-hybridized carbons (Fsp3) is 0.311. The molecule has 308 valence electrons. The van der Waals surface area contributed by atoms with Crippen molar-refractivity contribution in [2.45, 2.75) is 122 Å².